The quantitative estimate of drug-likeness (QED) is 0.864. The average molecular weight is 276 g/mol. The molecule has 20 heavy (non-hydrogen) atoms. The van der Waals surface area contributed by atoms with Gasteiger partial charge in [-0.25, -0.2) is 0 Å². The summed E-state index contributed by atoms with van der Waals surface area (Å²) in [5.41, 5.74) is 7.06. The molecule has 2 rings (SSSR count). The lowest BCUT2D eigenvalue weighted by Gasteiger charge is -2.33. The highest BCUT2D eigenvalue weighted by atomic mass is 16.5. The molecule has 0 aromatic heterocycles. The number of amides is 1. The normalized spacial score (nSPS) is 17.5. The Hall–Kier alpha value is -1.55. The molecule has 0 aliphatic heterocycles. The minimum Gasteiger partial charge on any atom is -0.497 e. The monoisotopic (exact) mass is 276 g/mol. The standard InChI is InChI=1S/C16H24N2O2/c1-20-14-7-5-6-13(10-14)11-15(19)18-12-16(17)8-3-2-4-9-16/h5-7,10H,2-4,8-9,11-12,17H2,1H3,(H,18,19). The first kappa shape index (κ1) is 14.9. The van der Waals surface area contributed by atoms with E-state index < -0.39 is 0 Å². The van der Waals surface area contributed by atoms with Gasteiger partial charge < -0.3 is 15.8 Å². The molecule has 1 aliphatic carbocycles. The molecule has 0 atom stereocenters. The van der Waals surface area contributed by atoms with Crippen LogP contribution in [0.4, 0.5) is 0 Å². The Labute approximate surface area is 120 Å². The summed E-state index contributed by atoms with van der Waals surface area (Å²) in [5, 5.41) is 2.97. The third kappa shape index (κ3) is 4.23. The Balaban J connectivity index is 1.82. The Morgan fingerprint density at radius 2 is 2.10 bits per heavy atom. The molecule has 1 aliphatic rings. The van der Waals surface area contributed by atoms with Crippen LogP contribution in [0.5, 0.6) is 5.75 Å². The zero-order chi connectivity index (χ0) is 14.4. The third-order valence-corrected chi connectivity index (χ3v) is 3.99. The first-order valence-electron chi connectivity index (χ1n) is 7.30. The van der Waals surface area contributed by atoms with Gasteiger partial charge in [-0.1, -0.05) is 31.4 Å². The molecule has 3 N–H and O–H groups in total. The summed E-state index contributed by atoms with van der Waals surface area (Å²) in [5.74, 6) is 0.798. The number of nitrogens with one attached hydrogen (secondary N) is 1. The van der Waals surface area contributed by atoms with Crippen LogP contribution in [-0.2, 0) is 11.2 Å². The number of methoxy groups -OCH3 is 1. The number of hydrogen-bond donors (Lipinski definition) is 2. The van der Waals surface area contributed by atoms with Crippen LogP contribution in [0.15, 0.2) is 24.3 Å². The Kier molecular flexibility index (Phi) is 5.01. The van der Waals surface area contributed by atoms with Gasteiger partial charge in [-0.3, -0.25) is 4.79 Å². The van der Waals surface area contributed by atoms with Crippen molar-refractivity contribution in [2.75, 3.05) is 13.7 Å². The van der Waals surface area contributed by atoms with E-state index in [0.717, 1.165) is 24.2 Å². The van der Waals surface area contributed by atoms with Gasteiger partial charge in [0.1, 0.15) is 5.75 Å². The highest BCUT2D eigenvalue weighted by Crippen LogP contribution is 2.25. The van der Waals surface area contributed by atoms with Crippen molar-refractivity contribution in [1.82, 2.24) is 5.32 Å². The van der Waals surface area contributed by atoms with Crippen molar-refractivity contribution < 1.29 is 9.53 Å². The average Bonchev–Trinajstić information content (AvgIpc) is 2.46. The van der Waals surface area contributed by atoms with Crippen molar-refractivity contribution in [3.63, 3.8) is 0 Å². The van der Waals surface area contributed by atoms with Gasteiger partial charge in [0.2, 0.25) is 5.91 Å². The fourth-order valence-corrected chi connectivity index (χ4v) is 2.74. The van der Waals surface area contributed by atoms with Crippen LogP contribution in [0.1, 0.15) is 37.7 Å². The summed E-state index contributed by atoms with van der Waals surface area (Å²) in [6.07, 6.45) is 5.98. The van der Waals surface area contributed by atoms with Crippen molar-refractivity contribution in [3.05, 3.63) is 29.8 Å². The summed E-state index contributed by atoms with van der Waals surface area (Å²) >= 11 is 0. The molecule has 0 bridgehead atoms. The number of ether oxygens (including phenoxy) is 1. The highest BCUT2D eigenvalue weighted by Gasteiger charge is 2.27. The Morgan fingerprint density at radius 1 is 1.35 bits per heavy atom. The van der Waals surface area contributed by atoms with E-state index in [9.17, 15) is 4.79 Å². The van der Waals surface area contributed by atoms with Gasteiger partial charge in [0.25, 0.3) is 0 Å². The van der Waals surface area contributed by atoms with Crippen LogP contribution in [0.25, 0.3) is 0 Å². The van der Waals surface area contributed by atoms with Gasteiger partial charge in [-0.2, -0.15) is 0 Å². The molecular weight excluding hydrogens is 252 g/mol. The lowest BCUT2D eigenvalue weighted by Crippen LogP contribution is -2.51. The van der Waals surface area contributed by atoms with Crippen LogP contribution in [0.2, 0.25) is 0 Å². The van der Waals surface area contributed by atoms with Crippen LogP contribution < -0.4 is 15.8 Å². The van der Waals surface area contributed by atoms with E-state index in [1.54, 1.807) is 7.11 Å². The fourth-order valence-electron chi connectivity index (χ4n) is 2.74. The van der Waals surface area contributed by atoms with E-state index in [2.05, 4.69) is 5.32 Å². The molecule has 0 saturated heterocycles. The van der Waals surface area contributed by atoms with Gasteiger partial charge in [0, 0.05) is 12.1 Å². The zero-order valence-electron chi connectivity index (χ0n) is 12.2. The number of hydrogen-bond acceptors (Lipinski definition) is 3. The zero-order valence-corrected chi connectivity index (χ0v) is 12.2. The molecule has 1 aromatic carbocycles. The second-order valence-electron chi connectivity index (χ2n) is 5.73. The van der Waals surface area contributed by atoms with Crippen molar-refractivity contribution in [1.29, 1.82) is 0 Å². The maximum Gasteiger partial charge on any atom is 0.224 e. The summed E-state index contributed by atoms with van der Waals surface area (Å²) in [4.78, 5) is 12.0. The second kappa shape index (κ2) is 6.75. The van der Waals surface area contributed by atoms with Crippen LogP contribution in [0.3, 0.4) is 0 Å². The predicted octanol–water partition coefficient (Wildman–Crippen LogP) is 2.02. The van der Waals surface area contributed by atoms with E-state index in [1.807, 2.05) is 24.3 Å². The SMILES string of the molecule is COc1cccc(CC(=O)NCC2(N)CCCCC2)c1. The van der Waals surface area contributed by atoms with Crippen LogP contribution in [0, 0.1) is 0 Å². The van der Waals surface area contributed by atoms with Crippen molar-refractivity contribution in [3.8, 4) is 5.75 Å². The lowest BCUT2D eigenvalue weighted by molar-refractivity contribution is -0.120. The summed E-state index contributed by atoms with van der Waals surface area (Å²) in [6.45, 7) is 0.579. The van der Waals surface area contributed by atoms with Crippen LogP contribution >= 0.6 is 0 Å². The molecule has 4 heteroatoms. The number of nitrogens with two attached hydrogens (primary N) is 1. The molecule has 0 spiro atoms. The van der Waals surface area contributed by atoms with Gasteiger partial charge in [-0.15, -0.1) is 0 Å². The van der Waals surface area contributed by atoms with Gasteiger partial charge >= 0.3 is 0 Å². The van der Waals surface area contributed by atoms with Crippen LogP contribution in [-0.4, -0.2) is 25.1 Å². The molecule has 1 fully saturated rings. The van der Waals surface area contributed by atoms with E-state index in [4.69, 9.17) is 10.5 Å². The Morgan fingerprint density at radius 3 is 2.80 bits per heavy atom. The number of carbonyl (C=O) groups excluding carboxylic acids is 1. The minimum absolute atomic E-state index is 0.0219. The van der Waals surface area contributed by atoms with Crippen molar-refractivity contribution >= 4 is 5.91 Å². The Bertz CT molecular complexity index is 454. The highest BCUT2D eigenvalue weighted by molar-refractivity contribution is 5.78. The minimum atomic E-state index is -0.206. The number of benzene rings is 1. The second-order valence-corrected chi connectivity index (χ2v) is 5.73. The summed E-state index contributed by atoms with van der Waals surface area (Å²) < 4.78 is 5.16. The molecule has 1 aromatic rings. The number of rotatable bonds is 5. The summed E-state index contributed by atoms with van der Waals surface area (Å²) in [6, 6.07) is 7.59. The van der Waals surface area contributed by atoms with Crippen molar-refractivity contribution in [2.24, 2.45) is 5.73 Å². The molecule has 0 heterocycles. The topological polar surface area (TPSA) is 64.3 Å². The molecule has 1 amide bonds. The van der Waals surface area contributed by atoms with Gasteiger partial charge in [-0.05, 0) is 30.5 Å². The molecule has 110 valence electrons. The lowest BCUT2D eigenvalue weighted by atomic mass is 9.82. The van der Waals surface area contributed by atoms with Gasteiger partial charge in [0.05, 0.1) is 13.5 Å². The third-order valence-electron chi connectivity index (χ3n) is 3.99. The largest absolute Gasteiger partial charge is 0.497 e. The van der Waals surface area contributed by atoms with Crippen molar-refractivity contribution in [2.45, 2.75) is 44.1 Å². The maximum atomic E-state index is 12.0. The number of carbonyl (C=O) groups is 1. The van der Waals surface area contributed by atoms with E-state index in [0.29, 0.717) is 13.0 Å². The smallest absolute Gasteiger partial charge is 0.224 e. The first-order valence-corrected chi connectivity index (χ1v) is 7.30. The first-order chi connectivity index (χ1) is 9.61. The molecule has 0 radical (unpaired) electrons. The fraction of sp³-hybridized carbons (Fsp3) is 0.562. The van der Waals surface area contributed by atoms with E-state index in [-0.39, 0.29) is 11.4 Å². The van der Waals surface area contributed by atoms with E-state index >= 15 is 0 Å². The molecule has 4 nitrogen and oxygen atoms in total. The molecule has 0 unspecified atom stereocenters. The molecule has 1 saturated carbocycles. The van der Waals surface area contributed by atoms with E-state index in [1.165, 1.54) is 19.3 Å². The summed E-state index contributed by atoms with van der Waals surface area (Å²) in [7, 11) is 1.63. The van der Waals surface area contributed by atoms with Gasteiger partial charge in [0.15, 0.2) is 0 Å². The molecular formula is C16H24N2O2. The predicted molar refractivity (Wildman–Crippen MR) is 79.7 cm³/mol. The maximum absolute atomic E-state index is 12.0.